The summed E-state index contributed by atoms with van der Waals surface area (Å²) in [6.45, 7) is 6.05. The Kier molecular flexibility index (Phi) is 7.18. The molecule has 0 saturated carbocycles. The second-order valence-corrected chi connectivity index (χ2v) is 6.63. The van der Waals surface area contributed by atoms with Crippen molar-refractivity contribution in [3.8, 4) is 0 Å². The van der Waals surface area contributed by atoms with Gasteiger partial charge in [0.25, 0.3) is 5.25 Å². The maximum Gasteiger partial charge on any atom is 0.320 e. The van der Waals surface area contributed by atoms with E-state index in [0.29, 0.717) is 0 Å². The fraction of sp³-hybridized carbons (Fsp3) is 0.500. The van der Waals surface area contributed by atoms with E-state index in [9.17, 15) is 14.3 Å². The molecule has 0 aliphatic carbocycles. The lowest BCUT2D eigenvalue weighted by atomic mass is 10.1. The number of oxime groups is 1. The Morgan fingerprint density at radius 3 is 2.43 bits per heavy atom. The lowest BCUT2D eigenvalue weighted by molar-refractivity contribution is -0.191. The summed E-state index contributed by atoms with van der Waals surface area (Å²) in [4.78, 5) is 17.2. The van der Waals surface area contributed by atoms with Gasteiger partial charge in [0, 0.05) is 6.92 Å². The smallest absolute Gasteiger partial charge is 0.320 e. The zero-order valence-electron chi connectivity index (χ0n) is 14.0. The fourth-order valence-corrected chi connectivity index (χ4v) is 3.96. The maximum absolute atomic E-state index is 13.2. The predicted molar refractivity (Wildman–Crippen MR) is 89.1 cm³/mol. The van der Waals surface area contributed by atoms with E-state index < -0.39 is 28.9 Å². The molecule has 0 fully saturated rings. The molecule has 0 saturated heterocycles. The highest BCUT2D eigenvalue weighted by Gasteiger charge is 2.62. The van der Waals surface area contributed by atoms with Crippen molar-refractivity contribution in [1.29, 1.82) is 0 Å². The van der Waals surface area contributed by atoms with E-state index in [2.05, 4.69) is 5.16 Å². The third-order valence-corrected chi connectivity index (χ3v) is 5.27. The van der Waals surface area contributed by atoms with Crippen molar-refractivity contribution in [3.63, 3.8) is 0 Å². The number of rotatable bonds is 5. The molecular formula is C16H23FNO4S+. The Morgan fingerprint density at radius 1 is 1.43 bits per heavy atom. The molecule has 0 amide bonds. The van der Waals surface area contributed by atoms with Crippen LogP contribution in [0.15, 0.2) is 34.3 Å². The average Bonchev–Trinajstić information content (AvgIpc) is 2.91. The summed E-state index contributed by atoms with van der Waals surface area (Å²) in [6, 6.07) is 7.39. The summed E-state index contributed by atoms with van der Waals surface area (Å²) >= 11 is -1.07. The number of hydrogen-bond donors (Lipinski definition) is 1. The fourth-order valence-electron chi connectivity index (χ4n) is 2.05. The van der Waals surface area contributed by atoms with Crippen LogP contribution in [0.25, 0.3) is 0 Å². The van der Waals surface area contributed by atoms with Gasteiger partial charge in [0.2, 0.25) is 11.2 Å². The number of Topliss-reactive ketones (excluding diaryl/α,β-unsaturated/α-hetero) is 1. The minimum atomic E-state index is -2.18. The maximum atomic E-state index is 13.2. The summed E-state index contributed by atoms with van der Waals surface area (Å²) in [7, 11) is 1.44. The van der Waals surface area contributed by atoms with Crippen molar-refractivity contribution >= 4 is 22.7 Å². The minimum Gasteiger partial charge on any atom is -0.351 e. The summed E-state index contributed by atoms with van der Waals surface area (Å²) in [5, 5.41) is 12.8. The van der Waals surface area contributed by atoms with E-state index >= 15 is 0 Å². The van der Waals surface area contributed by atoms with Gasteiger partial charge in [0.05, 0.1) is 7.11 Å². The predicted octanol–water partition coefficient (Wildman–Crippen LogP) is 2.56. The van der Waals surface area contributed by atoms with Gasteiger partial charge in [-0.1, -0.05) is 36.7 Å². The standard InChI is InChI=1S/C14H17FNO4S.C2H6/c1-9-4-6-11(7-5-9)21(19-3)13-12(10(2)17)16-20-14(13,18)8-15;1-2/h4-7,13,18H,8H2,1-3H3;1-2H3/q+1;. The van der Waals surface area contributed by atoms with Gasteiger partial charge in [-0.25, -0.2) is 4.39 Å². The van der Waals surface area contributed by atoms with Crippen molar-refractivity contribution < 1.29 is 23.3 Å². The first-order valence-electron chi connectivity index (χ1n) is 7.32. The van der Waals surface area contributed by atoms with E-state index in [1.165, 1.54) is 14.0 Å². The number of alkyl halides is 1. The Labute approximate surface area is 139 Å². The van der Waals surface area contributed by atoms with Crippen molar-refractivity contribution in [2.45, 2.75) is 43.6 Å². The van der Waals surface area contributed by atoms with Crippen LogP contribution in [0.4, 0.5) is 4.39 Å². The molecule has 0 radical (unpaired) electrons. The van der Waals surface area contributed by atoms with Crippen LogP contribution in [0.1, 0.15) is 26.3 Å². The molecule has 3 unspecified atom stereocenters. The summed E-state index contributed by atoms with van der Waals surface area (Å²) in [6.07, 6.45) is 0. The number of halogens is 1. The van der Waals surface area contributed by atoms with Crippen LogP contribution >= 0.6 is 0 Å². The van der Waals surface area contributed by atoms with Gasteiger partial charge in [0.1, 0.15) is 0 Å². The number of ketones is 1. The topological polar surface area (TPSA) is 68.1 Å². The molecule has 1 aliphatic rings. The van der Waals surface area contributed by atoms with E-state index in [4.69, 9.17) is 9.02 Å². The molecule has 1 heterocycles. The quantitative estimate of drug-likeness (QED) is 0.834. The SMILES string of the molecule is CC.CO[S+](c1ccc(C)cc1)C1C(C(C)=O)=NOC1(O)CF. The van der Waals surface area contributed by atoms with Crippen LogP contribution < -0.4 is 0 Å². The number of carbonyl (C=O) groups is 1. The summed E-state index contributed by atoms with van der Waals surface area (Å²) in [5.41, 5.74) is 1.04. The van der Waals surface area contributed by atoms with Gasteiger partial charge in [-0.3, -0.25) is 4.79 Å². The highest BCUT2D eigenvalue weighted by atomic mass is 32.2. The van der Waals surface area contributed by atoms with E-state index in [-0.39, 0.29) is 11.5 Å². The van der Waals surface area contributed by atoms with Crippen molar-refractivity contribution in [2.75, 3.05) is 13.8 Å². The molecule has 128 valence electrons. The van der Waals surface area contributed by atoms with Gasteiger partial charge in [-0.15, -0.1) is 0 Å². The second-order valence-electron chi connectivity index (χ2n) is 4.76. The summed E-state index contributed by atoms with van der Waals surface area (Å²) < 4.78 is 18.7. The largest absolute Gasteiger partial charge is 0.351 e. The number of benzene rings is 1. The van der Waals surface area contributed by atoms with Crippen molar-refractivity contribution in [2.24, 2.45) is 5.16 Å². The van der Waals surface area contributed by atoms with Crippen LogP contribution in [0.3, 0.4) is 0 Å². The Morgan fingerprint density at radius 2 is 2.00 bits per heavy atom. The zero-order chi connectivity index (χ0) is 17.6. The lowest BCUT2D eigenvalue weighted by Crippen LogP contribution is -2.52. The van der Waals surface area contributed by atoms with Gasteiger partial charge >= 0.3 is 5.79 Å². The zero-order valence-corrected chi connectivity index (χ0v) is 14.8. The van der Waals surface area contributed by atoms with E-state index in [1.54, 1.807) is 0 Å². The molecule has 1 N–H and O–H groups in total. The van der Waals surface area contributed by atoms with Crippen LogP contribution in [0, 0.1) is 6.92 Å². The highest BCUT2D eigenvalue weighted by molar-refractivity contribution is 7.94. The van der Waals surface area contributed by atoms with Crippen molar-refractivity contribution in [1.82, 2.24) is 0 Å². The first kappa shape index (κ1) is 19.6. The van der Waals surface area contributed by atoms with Crippen LogP contribution in [-0.4, -0.2) is 41.4 Å². The molecule has 23 heavy (non-hydrogen) atoms. The van der Waals surface area contributed by atoms with Crippen LogP contribution in [-0.2, 0) is 25.0 Å². The Hall–Kier alpha value is -1.44. The molecule has 0 spiro atoms. The minimum absolute atomic E-state index is 0.0130. The number of nitrogens with zero attached hydrogens (tertiary/aromatic N) is 1. The number of aryl methyl sites for hydroxylation is 1. The normalized spacial score (nSPS) is 24.1. The molecule has 0 aromatic heterocycles. The Bertz CT molecular complexity index is 564. The molecular weight excluding hydrogens is 321 g/mol. The summed E-state index contributed by atoms with van der Waals surface area (Å²) in [5.74, 6) is -2.56. The number of hydrogen-bond acceptors (Lipinski definition) is 5. The number of carbonyl (C=O) groups excluding carboxylic acids is 1. The monoisotopic (exact) mass is 344 g/mol. The third kappa shape index (κ3) is 4.10. The van der Waals surface area contributed by atoms with Gasteiger partial charge in [0.15, 0.2) is 23.1 Å². The Balaban J connectivity index is 0.00000127. The molecule has 1 aliphatic heterocycles. The van der Waals surface area contributed by atoms with E-state index in [0.717, 1.165) is 10.5 Å². The average molecular weight is 344 g/mol. The molecule has 2 rings (SSSR count). The highest BCUT2D eigenvalue weighted by Crippen LogP contribution is 2.34. The van der Waals surface area contributed by atoms with Gasteiger partial charge in [-0.2, -0.15) is 4.18 Å². The molecule has 3 atom stereocenters. The van der Waals surface area contributed by atoms with Gasteiger partial charge in [-0.05, 0) is 19.1 Å². The molecule has 5 nitrogen and oxygen atoms in total. The lowest BCUT2D eigenvalue weighted by Gasteiger charge is -2.22. The molecule has 1 aromatic rings. The first-order chi connectivity index (χ1) is 10.9. The third-order valence-electron chi connectivity index (χ3n) is 3.16. The van der Waals surface area contributed by atoms with Gasteiger partial charge < -0.3 is 9.94 Å². The first-order valence-corrected chi connectivity index (χ1v) is 8.54. The second kappa shape index (κ2) is 8.42. The van der Waals surface area contributed by atoms with Crippen LogP contribution in [0.5, 0.6) is 0 Å². The van der Waals surface area contributed by atoms with E-state index in [1.807, 2.05) is 45.0 Å². The number of aliphatic hydroxyl groups is 1. The molecule has 1 aromatic carbocycles. The van der Waals surface area contributed by atoms with Crippen molar-refractivity contribution in [3.05, 3.63) is 29.8 Å². The molecule has 0 bridgehead atoms. The van der Waals surface area contributed by atoms with Crippen LogP contribution in [0.2, 0.25) is 0 Å². The molecule has 7 heteroatoms.